The number of fused-ring (bicyclic) bond motifs is 3. The Balaban J connectivity index is 1.92. The monoisotopic (exact) mass is 449 g/mol. The van der Waals surface area contributed by atoms with E-state index in [0.717, 1.165) is 0 Å². The number of pyridine rings is 1. The van der Waals surface area contributed by atoms with E-state index < -0.39 is 11.3 Å². The largest absolute Gasteiger partial charge is 0.384 e. The first-order valence-corrected chi connectivity index (χ1v) is 11.0. The van der Waals surface area contributed by atoms with Crippen molar-refractivity contribution in [2.45, 2.75) is 32.1 Å². The molecule has 34 heavy (non-hydrogen) atoms. The number of carbonyl (C=O) groups excluding carboxylic acids is 2. The van der Waals surface area contributed by atoms with Gasteiger partial charge in [-0.2, -0.15) is 5.26 Å². The molecule has 2 aromatic rings. The number of terminal acetylenes is 1. The number of nitriles is 1. The molecule has 1 aliphatic carbocycles. The molecule has 3 heterocycles. The molecule has 5 rings (SSSR count). The van der Waals surface area contributed by atoms with E-state index in [9.17, 15) is 14.9 Å². The van der Waals surface area contributed by atoms with E-state index in [2.05, 4.69) is 17.0 Å². The predicted molar refractivity (Wildman–Crippen MR) is 128 cm³/mol. The number of hydrogen-bond acceptors (Lipinski definition) is 6. The maximum absolute atomic E-state index is 14.2. The van der Waals surface area contributed by atoms with Crippen LogP contribution in [0.5, 0.6) is 0 Å². The minimum atomic E-state index is -1.63. The lowest BCUT2D eigenvalue weighted by Crippen LogP contribution is -2.53. The fourth-order valence-corrected chi connectivity index (χ4v) is 5.59. The molecule has 1 amide bonds. The number of aromatic nitrogens is 1. The summed E-state index contributed by atoms with van der Waals surface area (Å²) >= 11 is 0. The van der Waals surface area contributed by atoms with Gasteiger partial charge in [0.25, 0.3) is 0 Å². The number of rotatable bonds is 2. The van der Waals surface area contributed by atoms with Gasteiger partial charge in [-0.15, -0.1) is 6.42 Å². The molecule has 1 spiro atoms. The molecule has 7 heteroatoms. The maximum atomic E-state index is 14.2. The summed E-state index contributed by atoms with van der Waals surface area (Å²) in [5.74, 6) is 2.06. The summed E-state index contributed by atoms with van der Waals surface area (Å²) in [5.41, 5.74) is 7.43. The molecule has 0 fully saturated rings. The third kappa shape index (κ3) is 2.67. The number of nitrogens with zero attached hydrogens (tertiary/aromatic N) is 4. The number of allylic oxidation sites excluding steroid dienone is 1. The molecule has 2 N–H and O–H groups in total. The van der Waals surface area contributed by atoms with Gasteiger partial charge in [-0.05, 0) is 30.0 Å². The van der Waals surface area contributed by atoms with Gasteiger partial charge < -0.3 is 5.73 Å². The number of para-hydroxylation sites is 1. The van der Waals surface area contributed by atoms with Crippen molar-refractivity contribution in [1.82, 2.24) is 4.98 Å². The van der Waals surface area contributed by atoms with Crippen molar-refractivity contribution >= 4 is 23.1 Å². The van der Waals surface area contributed by atoms with Gasteiger partial charge in [0.15, 0.2) is 5.78 Å². The third-order valence-electron chi connectivity index (χ3n) is 6.80. The summed E-state index contributed by atoms with van der Waals surface area (Å²) in [6.45, 7) is 4.04. The molecular formula is C27H23N5O2. The first-order chi connectivity index (χ1) is 16.3. The van der Waals surface area contributed by atoms with Crippen LogP contribution in [0, 0.1) is 29.1 Å². The lowest BCUT2D eigenvalue weighted by atomic mass is 9.60. The summed E-state index contributed by atoms with van der Waals surface area (Å²) in [7, 11) is 0. The highest BCUT2D eigenvalue weighted by molar-refractivity contribution is 6.21. The minimum Gasteiger partial charge on any atom is -0.384 e. The molecule has 1 aromatic heterocycles. The van der Waals surface area contributed by atoms with Crippen LogP contribution in [0.1, 0.15) is 32.3 Å². The van der Waals surface area contributed by atoms with E-state index in [4.69, 9.17) is 12.2 Å². The van der Waals surface area contributed by atoms with Crippen molar-refractivity contribution in [3.05, 3.63) is 77.0 Å². The summed E-state index contributed by atoms with van der Waals surface area (Å²) in [5, 5.41) is 10.4. The van der Waals surface area contributed by atoms with Crippen molar-refractivity contribution in [3.8, 4) is 18.4 Å². The Morgan fingerprint density at radius 2 is 1.94 bits per heavy atom. The molecule has 168 valence electrons. The van der Waals surface area contributed by atoms with E-state index >= 15 is 0 Å². The van der Waals surface area contributed by atoms with E-state index in [1.807, 2.05) is 19.9 Å². The first kappa shape index (κ1) is 21.5. The molecule has 7 nitrogen and oxygen atoms in total. The Bertz CT molecular complexity index is 1390. The summed E-state index contributed by atoms with van der Waals surface area (Å²) in [6.07, 6.45) is 9.60. The molecule has 1 aromatic carbocycles. The second-order valence-corrected chi connectivity index (χ2v) is 9.54. The number of benzene rings is 1. The fraction of sp³-hybridized carbons (Fsp3) is 0.259. The Morgan fingerprint density at radius 3 is 2.62 bits per heavy atom. The Hall–Kier alpha value is -4.36. The zero-order valence-electron chi connectivity index (χ0n) is 19.0. The van der Waals surface area contributed by atoms with Crippen molar-refractivity contribution in [2.24, 2.45) is 11.1 Å². The van der Waals surface area contributed by atoms with Gasteiger partial charge in [-0.3, -0.25) is 24.4 Å². The normalized spacial score (nSPS) is 23.1. The highest BCUT2D eigenvalue weighted by Gasteiger charge is 2.63. The first-order valence-electron chi connectivity index (χ1n) is 11.0. The van der Waals surface area contributed by atoms with Crippen molar-refractivity contribution < 1.29 is 9.59 Å². The number of carbonyl (C=O) groups is 2. The number of amides is 1. The SMILES string of the molecule is C#CCN1C(=O)[C@]2(C(C#N)=C(N)N(c3cccnc3)C3=C2C(=O)CC(C)(C)C3)c2ccccc21. The van der Waals surface area contributed by atoms with Gasteiger partial charge in [0.05, 0.1) is 24.0 Å². The van der Waals surface area contributed by atoms with Crippen LogP contribution >= 0.6 is 0 Å². The van der Waals surface area contributed by atoms with Crippen LogP contribution in [-0.4, -0.2) is 23.2 Å². The number of hydrogen-bond donors (Lipinski definition) is 1. The summed E-state index contributed by atoms with van der Waals surface area (Å²) in [4.78, 5) is 35.5. The average Bonchev–Trinajstić information content (AvgIpc) is 3.03. The van der Waals surface area contributed by atoms with E-state index in [-0.39, 0.29) is 35.6 Å². The zero-order chi connectivity index (χ0) is 24.3. The summed E-state index contributed by atoms with van der Waals surface area (Å²) in [6, 6.07) is 13.0. The topological polar surface area (TPSA) is 103 Å². The van der Waals surface area contributed by atoms with E-state index in [1.165, 1.54) is 4.90 Å². The number of nitrogens with two attached hydrogens (primary N) is 1. The van der Waals surface area contributed by atoms with Gasteiger partial charge >= 0.3 is 0 Å². The van der Waals surface area contributed by atoms with Crippen molar-refractivity contribution in [2.75, 3.05) is 16.3 Å². The van der Waals surface area contributed by atoms with E-state index in [0.29, 0.717) is 34.6 Å². The Morgan fingerprint density at radius 1 is 1.18 bits per heavy atom. The van der Waals surface area contributed by atoms with Crippen molar-refractivity contribution in [3.63, 3.8) is 0 Å². The smallest absolute Gasteiger partial charge is 0.248 e. The lowest BCUT2D eigenvalue weighted by molar-refractivity contribution is -0.125. The van der Waals surface area contributed by atoms with Gasteiger partial charge in [0.1, 0.15) is 17.3 Å². The molecule has 1 atom stereocenters. The van der Waals surface area contributed by atoms with Crippen LogP contribution in [0.4, 0.5) is 11.4 Å². The molecule has 0 unspecified atom stereocenters. The highest BCUT2D eigenvalue weighted by atomic mass is 16.2. The van der Waals surface area contributed by atoms with Crippen LogP contribution in [0.2, 0.25) is 0 Å². The van der Waals surface area contributed by atoms with Crippen LogP contribution in [0.15, 0.2) is 71.5 Å². The molecule has 0 bridgehead atoms. The fourth-order valence-electron chi connectivity index (χ4n) is 5.59. The van der Waals surface area contributed by atoms with Gasteiger partial charge in [-0.1, -0.05) is 38.0 Å². The molecule has 0 saturated heterocycles. The number of Topliss-reactive ketones (excluding diaryl/α,β-unsaturated/α-hetero) is 1. The van der Waals surface area contributed by atoms with Crippen molar-refractivity contribution in [1.29, 1.82) is 5.26 Å². The predicted octanol–water partition coefficient (Wildman–Crippen LogP) is 3.16. The van der Waals surface area contributed by atoms with Crippen LogP contribution in [0.3, 0.4) is 0 Å². The Kier molecular flexibility index (Phi) is 4.63. The molecule has 0 saturated carbocycles. The molecule has 3 aliphatic rings. The average molecular weight is 450 g/mol. The summed E-state index contributed by atoms with van der Waals surface area (Å²) < 4.78 is 0. The quantitative estimate of drug-likeness (QED) is 0.707. The van der Waals surface area contributed by atoms with Gasteiger partial charge in [0, 0.05) is 35.1 Å². The van der Waals surface area contributed by atoms with Crippen LogP contribution in [-0.2, 0) is 15.0 Å². The molecule has 0 radical (unpaired) electrons. The highest BCUT2D eigenvalue weighted by Crippen LogP contribution is 2.58. The molecular weight excluding hydrogens is 426 g/mol. The lowest BCUT2D eigenvalue weighted by Gasteiger charge is -2.46. The zero-order valence-corrected chi connectivity index (χ0v) is 19.0. The van der Waals surface area contributed by atoms with Gasteiger partial charge in [0.2, 0.25) is 5.91 Å². The van der Waals surface area contributed by atoms with Crippen LogP contribution in [0.25, 0.3) is 0 Å². The van der Waals surface area contributed by atoms with Gasteiger partial charge in [-0.25, -0.2) is 0 Å². The second-order valence-electron chi connectivity index (χ2n) is 9.54. The standard InChI is InChI=1S/C27H23N5O2/c1-4-12-31-20-10-6-5-9-18(20)27(25(31)34)19(15-28)24(29)32(17-8-7-11-30-16-17)21-13-26(2,3)14-22(33)23(21)27/h1,5-11,16H,12-14,29H2,2-3H3/t27-/m0/s1. The number of ketones is 1. The van der Waals surface area contributed by atoms with Crippen LogP contribution < -0.4 is 15.5 Å². The number of anilines is 2. The molecule has 2 aliphatic heterocycles. The second kappa shape index (κ2) is 7.33. The third-order valence-corrected chi connectivity index (χ3v) is 6.80. The Labute approximate surface area is 198 Å². The minimum absolute atomic E-state index is 0.0187. The van der Waals surface area contributed by atoms with E-state index in [1.54, 1.807) is 47.6 Å². The maximum Gasteiger partial charge on any atom is 0.248 e.